The maximum atomic E-state index is 10.1. The second kappa shape index (κ2) is 15.8. The van der Waals surface area contributed by atoms with Crippen molar-refractivity contribution in [1.82, 2.24) is 0 Å². The van der Waals surface area contributed by atoms with Crippen LogP contribution in [0.15, 0.2) is 0 Å². The molecule has 0 aliphatic heterocycles. The van der Waals surface area contributed by atoms with Gasteiger partial charge in [-0.05, 0) is 40.5 Å². The number of carboxylic acids is 2. The van der Waals surface area contributed by atoms with Gasteiger partial charge >= 0.3 is 11.9 Å². The number of nitrogens with zero attached hydrogens (tertiary/aromatic N) is 1. The number of unbranched alkanes of at least 4 members (excludes halogenated alkanes) is 5. The third-order valence-corrected chi connectivity index (χ3v) is 4.71. The fourth-order valence-corrected chi connectivity index (χ4v) is 2.60. The van der Waals surface area contributed by atoms with Gasteiger partial charge in [-0.2, -0.15) is 0 Å². The Hall–Kier alpha value is -1.10. The molecule has 0 aromatic heterocycles. The zero-order valence-electron chi connectivity index (χ0n) is 15.6. The SMILES string of the molecule is CC[N+](CC)(CC)CC.O=C(O)CCCCCCCCC(=O)O. The second-order valence-corrected chi connectivity index (χ2v) is 6.02. The average molecular weight is 333 g/mol. The molecule has 0 aromatic rings. The van der Waals surface area contributed by atoms with Crippen LogP contribution in [0, 0.1) is 0 Å². The van der Waals surface area contributed by atoms with E-state index in [1.807, 2.05) is 0 Å². The molecule has 0 aliphatic carbocycles. The number of hydrogen-bond donors (Lipinski definition) is 2. The van der Waals surface area contributed by atoms with E-state index in [9.17, 15) is 9.59 Å². The van der Waals surface area contributed by atoms with E-state index in [1.54, 1.807) is 0 Å². The van der Waals surface area contributed by atoms with Gasteiger partial charge in [0.25, 0.3) is 0 Å². The highest BCUT2D eigenvalue weighted by Crippen LogP contribution is 2.08. The number of carboxylic acid groups (broad SMARTS) is 2. The maximum Gasteiger partial charge on any atom is 0.303 e. The summed E-state index contributed by atoms with van der Waals surface area (Å²) in [6.45, 7) is 14.2. The van der Waals surface area contributed by atoms with E-state index >= 15 is 0 Å². The first-order chi connectivity index (χ1) is 10.9. The van der Waals surface area contributed by atoms with Gasteiger partial charge in [0.1, 0.15) is 0 Å². The molecule has 0 spiro atoms. The molecule has 0 aliphatic rings. The van der Waals surface area contributed by atoms with Crippen LogP contribution in [0.1, 0.15) is 79.1 Å². The van der Waals surface area contributed by atoms with Crippen molar-refractivity contribution in [2.75, 3.05) is 26.2 Å². The quantitative estimate of drug-likeness (QED) is 0.392. The number of quaternary nitrogens is 1. The molecule has 0 unspecified atom stereocenters. The standard InChI is InChI=1S/C10H18O4.C8H20N/c11-9(12)7-5-3-1-2-4-6-8-10(13)14;1-5-9(6-2,7-3)8-4/h1-8H2,(H,11,12)(H,13,14);5-8H2,1-4H3/q;+1. The third-order valence-electron chi connectivity index (χ3n) is 4.71. The lowest BCUT2D eigenvalue weighted by molar-refractivity contribution is -0.921. The highest BCUT2D eigenvalue weighted by molar-refractivity contribution is 5.66. The number of hydrogen-bond acceptors (Lipinski definition) is 2. The van der Waals surface area contributed by atoms with E-state index in [0.29, 0.717) is 0 Å². The van der Waals surface area contributed by atoms with Crippen LogP contribution in [-0.2, 0) is 9.59 Å². The van der Waals surface area contributed by atoms with Gasteiger partial charge in [0, 0.05) is 12.8 Å². The minimum Gasteiger partial charge on any atom is -0.481 e. The van der Waals surface area contributed by atoms with Crippen LogP contribution < -0.4 is 0 Å². The highest BCUT2D eigenvalue weighted by atomic mass is 16.4. The predicted octanol–water partition coefficient (Wildman–Crippen LogP) is 4.16. The van der Waals surface area contributed by atoms with Gasteiger partial charge in [0.05, 0.1) is 26.2 Å². The third kappa shape index (κ3) is 15.6. The van der Waals surface area contributed by atoms with Gasteiger partial charge in [0.2, 0.25) is 0 Å². The Bertz CT molecular complexity index is 264. The normalized spacial score (nSPS) is 10.8. The summed E-state index contributed by atoms with van der Waals surface area (Å²) in [4.78, 5) is 20.3. The lowest BCUT2D eigenvalue weighted by Gasteiger charge is -2.34. The zero-order chi connectivity index (χ0) is 18.1. The molecule has 0 rings (SSSR count). The zero-order valence-corrected chi connectivity index (χ0v) is 15.6. The topological polar surface area (TPSA) is 74.6 Å². The molecule has 0 bridgehead atoms. The van der Waals surface area contributed by atoms with Crippen LogP contribution in [0.25, 0.3) is 0 Å². The molecular weight excluding hydrogens is 294 g/mol. The van der Waals surface area contributed by atoms with Gasteiger partial charge < -0.3 is 14.7 Å². The van der Waals surface area contributed by atoms with Gasteiger partial charge in [-0.1, -0.05) is 25.7 Å². The van der Waals surface area contributed by atoms with Crippen LogP contribution in [0.2, 0.25) is 0 Å². The Morgan fingerprint density at radius 1 is 0.609 bits per heavy atom. The second-order valence-electron chi connectivity index (χ2n) is 6.02. The number of aliphatic carboxylic acids is 2. The molecule has 0 fully saturated rings. The molecule has 0 amide bonds. The number of carbonyl (C=O) groups is 2. The minimum atomic E-state index is -0.740. The van der Waals surface area contributed by atoms with Crippen molar-refractivity contribution in [3.05, 3.63) is 0 Å². The smallest absolute Gasteiger partial charge is 0.303 e. The Morgan fingerprint density at radius 3 is 1.04 bits per heavy atom. The molecule has 0 aromatic carbocycles. The fourth-order valence-electron chi connectivity index (χ4n) is 2.60. The molecule has 5 heteroatoms. The molecule has 0 saturated heterocycles. The molecule has 5 nitrogen and oxygen atoms in total. The van der Waals surface area contributed by atoms with Crippen molar-refractivity contribution in [2.24, 2.45) is 0 Å². The Kier molecular flexibility index (Phi) is 16.6. The van der Waals surface area contributed by atoms with Crippen LogP contribution in [0.5, 0.6) is 0 Å². The first-order valence-electron chi connectivity index (χ1n) is 9.16. The van der Waals surface area contributed by atoms with Crippen molar-refractivity contribution in [3.63, 3.8) is 0 Å². The van der Waals surface area contributed by atoms with Crippen LogP contribution in [-0.4, -0.2) is 52.8 Å². The molecular formula is C18H38NO4+. The van der Waals surface area contributed by atoms with Gasteiger partial charge in [-0.15, -0.1) is 0 Å². The molecule has 23 heavy (non-hydrogen) atoms. The number of rotatable bonds is 13. The fraction of sp³-hybridized carbons (Fsp3) is 0.889. The minimum absolute atomic E-state index is 0.245. The van der Waals surface area contributed by atoms with E-state index < -0.39 is 11.9 Å². The summed E-state index contributed by atoms with van der Waals surface area (Å²) in [6, 6.07) is 0. The molecule has 2 N–H and O–H groups in total. The summed E-state index contributed by atoms with van der Waals surface area (Å²) < 4.78 is 1.28. The van der Waals surface area contributed by atoms with E-state index in [-0.39, 0.29) is 12.8 Å². The predicted molar refractivity (Wildman–Crippen MR) is 94.6 cm³/mol. The summed E-state index contributed by atoms with van der Waals surface area (Å²) in [6.07, 6.45) is 5.82. The summed E-state index contributed by atoms with van der Waals surface area (Å²) >= 11 is 0. The summed E-state index contributed by atoms with van der Waals surface area (Å²) in [5, 5.41) is 16.7. The summed E-state index contributed by atoms with van der Waals surface area (Å²) in [5.74, 6) is -1.48. The van der Waals surface area contributed by atoms with Crippen molar-refractivity contribution in [1.29, 1.82) is 0 Å². The Labute approximate surface area is 142 Å². The summed E-state index contributed by atoms with van der Waals surface area (Å²) in [7, 11) is 0. The first kappa shape index (κ1) is 24.2. The van der Waals surface area contributed by atoms with E-state index in [2.05, 4.69) is 27.7 Å². The van der Waals surface area contributed by atoms with Gasteiger partial charge in [-0.3, -0.25) is 9.59 Å². The van der Waals surface area contributed by atoms with E-state index in [0.717, 1.165) is 38.5 Å². The molecule has 0 heterocycles. The Balaban J connectivity index is 0. The lowest BCUT2D eigenvalue weighted by atomic mass is 10.1. The first-order valence-corrected chi connectivity index (χ1v) is 9.16. The molecule has 0 saturated carbocycles. The largest absolute Gasteiger partial charge is 0.481 e. The van der Waals surface area contributed by atoms with Gasteiger partial charge in [0.15, 0.2) is 0 Å². The van der Waals surface area contributed by atoms with E-state index in [1.165, 1.54) is 30.7 Å². The lowest BCUT2D eigenvalue weighted by Crippen LogP contribution is -2.47. The van der Waals surface area contributed by atoms with Crippen molar-refractivity contribution < 1.29 is 24.3 Å². The highest BCUT2D eigenvalue weighted by Gasteiger charge is 2.16. The van der Waals surface area contributed by atoms with Crippen LogP contribution in [0.3, 0.4) is 0 Å². The van der Waals surface area contributed by atoms with Crippen molar-refractivity contribution in [3.8, 4) is 0 Å². The molecule has 138 valence electrons. The monoisotopic (exact) mass is 332 g/mol. The van der Waals surface area contributed by atoms with Crippen molar-refractivity contribution in [2.45, 2.75) is 79.1 Å². The van der Waals surface area contributed by atoms with E-state index in [4.69, 9.17) is 10.2 Å². The van der Waals surface area contributed by atoms with Crippen LogP contribution in [0.4, 0.5) is 0 Å². The molecule has 0 atom stereocenters. The molecule has 0 radical (unpaired) electrons. The van der Waals surface area contributed by atoms with Crippen molar-refractivity contribution >= 4 is 11.9 Å². The Morgan fingerprint density at radius 2 is 0.870 bits per heavy atom. The maximum absolute atomic E-state index is 10.1. The van der Waals surface area contributed by atoms with Crippen LogP contribution >= 0.6 is 0 Å². The summed E-state index contributed by atoms with van der Waals surface area (Å²) in [5.41, 5.74) is 0. The average Bonchev–Trinajstić information content (AvgIpc) is 2.53. The van der Waals surface area contributed by atoms with Gasteiger partial charge in [-0.25, -0.2) is 0 Å².